The number of rotatable bonds is 5. The van der Waals surface area contributed by atoms with Crippen LogP contribution in [0.2, 0.25) is 0 Å². The lowest BCUT2D eigenvalue weighted by atomic mass is 10.1. The molecule has 2 aromatic rings. The van der Waals surface area contributed by atoms with E-state index in [-0.39, 0.29) is 11.7 Å². The minimum absolute atomic E-state index is 0.00859. The lowest BCUT2D eigenvalue weighted by Crippen LogP contribution is -2.51. The van der Waals surface area contributed by atoms with Crippen LogP contribution in [-0.4, -0.2) is 63.5 Å². The zero-order chi connectivity index (χ0) is 20.4. The van der Waals surface area contributed by atoms with Gasteiger partial charge in [-0.25, -0.2) is 4.39 Å². The van der Waals surface area contributed by atoms with Crippen molar-refractivity contribution in [3.05, 3.63) is 53.1 Å². The third-order valence-electron chi connectivity index (χ3n) is 5.53. The van der Waals surface area contributed by atoms with Crippen LogP contribution in [0, 0.1) is 12.7 Å². The molecule has 8 heteroatoms. The molecule has 0 bridgehead atoms. The summed E-state index contributed by atoms with van der Waals surface area (Å²) in [7, 11) is 0. The van der Waals surface area contributed by atoms with E-state index in [0.717, 1.165) is 48.7 Å². The first-order valence-corrected chi connectivity index (χ1v) is 10.1. The molecule has 1 fully saturated rings. The maximum Gasteiger partial charge on any atom is 0.266 e. The third kappa shape index (κ3) is 4.32. The number of aryl methyl sites for hydroxylation is 2. The van der Waals surface area contributed by atoms with Gasteiger partial charge in [0.2, 0.25) is 6.10 Å². The lowest BCUT2D eigenvalue weighted by Gasteiger charge is -2.35. The smallest absolute Gasteiger partial charge is 0.266 e. The Balaban J connectivity index is 1.29. The average molecular weight is 399 g/mol. The zero-order valence-corrected chi connectivity index (χ0v) is 16.8. The summed E-state index contributed by atoms with van der Waals surface area (Å²) in [6.07, 6.45) is 1.88. The highest BCUT2D eigenvalue weighted by Gasteiger charge is 2.34. The maximum absolute atomic E-state index is 13.0. The Morgan fingerprint density at radius 1 is 1.21 bits per heavy atom. The summed E-state index contributed by atoms with van der Waals surface area (Å²) >= 11 is 0. The molecule has 0 saturated carbocycles. The van der Waals surface area contributed by atoms with Crippen molar-refractivity contribution in [1.82, 2.24) is 19.6 Å². The van der Waals surface area contributed by atoms with Gasteiger partial charge in [-0.3, -0.25) is 14.4 Å². The van der Waals surface area contributed by atoms with E-state index in [9.17, 15) is 9.18 Å². The van der Waals surface area contributed by atoms with Crippen LogP contribution >= 0.6 is 0 Å². The molecule has 154 valence electrons. The highest BCUT2D eigenvalue weighted by molar-refractivity contribution is 6.04. The number of carbonyl (C=O) groups is 1. The first kappa shape index (κ1) is 19.6. The van der Waals surface area contributed by atoms with E-state index in [1.54, 1.807) is 12.1 Å². The van der Waals surface area contributed by atoms with Gasteiger partial charge in [0.05, 0.1) is 11.4 Å². The molecule has 29 heavy (non-hydrogen) atoms. The number of oxime groups is 1. The number of carbonyl (C=O) groups excluding carboxylic acids is 1. The van der Waals surface area contributed by atoms with E-state index >= 15 is 0 Å². The fraction of sp³-hybridized carbons (Fsp3) is 0.476. The van der Waals surface area contributed by atoms with Gasteiger partial charge in [-0.15, -0.1) is 0 Å². The molecular formula is C21H26FN5O2. The first-order chi connectivity index (χ1) is 14.0. The number of hydrogen-bond donors (Lipinski definition) is 0. The van der Waals surface area contributed by atoms with Gasteiger partial charge >= 0.3 is 0 Å². The highest BCUT2D eigenvalue weighted by Crippen LogP contribution is 2.21. The number of hydrogen-bond acceptors (Lipinski definition) is 5. The quantitative estimate of drug-likeness (QED) is 0.773. The summed E-state index contributed by atoms with van der Waals surface area (Å²) in [5, 5.41) is 8.60. The molecule has 1 aromatic carbocycles. The Morgan fingerprint density at radius 3 is 2.59 bits per heavy atom. The van der Waals surface area contributed by atoms with Crippen LogP contribution in [0.1, 0.15) is 30.2 Å². The predicted molar refractivity (Wildman–Crippen MR) is 107 cm³/mol. The molecule has 4 rings (SSSR count). The van der Waals surface area contributed by atoms with Crippen molar-refractivity contribution in [2.24, 2.45) is 5.16 Å². The number of nitrogens with zero attached hydrogens (tertiary/aromatic N) is 5. The van der Waals surface area contributed by atoms with Gasteiger partial charge in [0, 0.05) is 57.4 Å². The molecule has 7 nitrogen and oxygen atoms in total. The van der Waals surface area contributed by atoms with Crippen LogP contribution in [-0.2, 0) is 22.7 Å². The number of piperazine rings is 1. The molecule has 1 saturated heterocycles. The third-order valence-corrected chi connectivity index (χ3v) is 5.53. The first-order valence-electron chi connectivity index (χ1n) is 10.1. The fourth-order valence-corrected chi connectivity index (χ4v) is 3.81. The predicted octanol–water partition coefficient (Wildman–Crippen LogP) is 2.19. The normalized spacial score (nSPS) is 19.9. The molecule has 1 aromatic heterocycles. The molecule has 1 atom stereocenters. The maximum atomic E-state index is 13.0. The average Bonchev–Trinajstić information content (AvgIpc) is 3.36. The molecule has 0 N–H and O–H groups in total. The summed E-state index contributed by atoms with van der Waals surface area (Å²) in [5.74, 6) is -0.231. The Morgan fingerprint density at radius 2 is 1.93 bits per heavy atom. The van der Waals surface area contributed by atoms with Gasteiger partial charge in [-0.2, -0.15) is 5.10 Å². The van der Waals surface area contributed by atoms with Gasteiger partial charge < -0.3 is 9.74 Å². The monoisotopic (exact) mass is 399 g/mol. The van der Waals surface area contributed by atoms with E-state index in [4.69, 9.17) is 4.84 Å². The molecule has 1 unspecified atom stereocenters. The standard InChI is InChI=1S/C21H26FN5O2/c1-3-27-14-18(15(2)23-27)19-12-20(29-24-19)21(28)26-10-8-25(9-11-26)13-16-4-6-17(22)7-5-16/h4-7,14,20H,3,8-13H2,1-2H3. The van der Waals surface area contributed by atoms with Crippen molar-refractivity contribution in [2.45, 2.75) is 39.5 Å². The summed E-state index contributed by atoms with van der Waals surface area (Å²) in [4.78, 5) is 22.5. The Kier molecular flexibility index (Phi) is 5.62. The molecule has 0 aliphatic carbocycles. The Hall–Kier alpha value is -2.74. The van der Waals surface area contributed by atoms with Crippen molar-refractivity contribution in [3.63, 3.8) is 0 Å². The molecule has 0 radical (unpaired) electrons. The van der Waals surface area contributed by atoms with Crippen molar-refractivity contribution in [2.75, 3.05) is 26.2 Å². The fourth-order valence-electron chi connectivity index (χ4n) is 3.81. The molecule has 2 aliphatic heterocycles. The lowest BCUT2D eigenvalue weighted by molar-refractivity contribution is -0.143. The molecule has 0 spiro atoms. The van der Waals surface area contributed by atoms with E-state index in [0.29, 0.717) is 19.5 Å². The number of aromatic nitrogens is 2. The van der Waals surface area contributed by atoms with Crippen LogP contribution in [0.3, 0.4) is 0 Å². The van der Waals surface area contributed by atoms with Crippen molar-refractivity contribution >= 4 is 11.6 Å². The van der Waals surface area contributed by atoms with Crippen molar-refractivity contribution in [1.29, 1.82) is 0 Å². The SMILES string of the molecule is CCn1cc(C2=NOC(C(=O)N3CCN(Cc4ccc(F)cc4)CC3)C2)c(C)n1. The summed E-state index contributed by atoms with van der Waals surface area (Å²) < 4.78 is 14.9. The Bertz CT molecular complexity index is 900. The van der Waals surface area contributed by atoms with Crippen LogP contribution in [0.25, 0.3) is 0 Å². The number of amides is 1. The van der Waals surface area contributed by atoms with Crippen molar-refractivity contribution in [3.8, 4) is 0 Å². The van der Waals surface area contributed by atoms with Gasteiger partial charge in [0.25, 0.3) is 5.91 Å². The summed E-state index contributed by atoms with van der Waals surface area (Å²) in [6, 6.07) is 6.58. The highest BCUT2D eigenvalue weighted by atomic mass is 19.1. The zero-order valence-electron chi connectivity index (χ0n) is 16.8. The van der Waals surface area contributed by atoms with Gasteiger partial charge in [-0.05, 0) is 31.5 Å². The summed E-state index contributed by atoms with van der Waals surface area (Å²) in [6.45, 7) is 8.41. The minimum atomic E-state index is -0.557. The van der Waals surface area contributed by atoms with Gasteiger partial charge in [0.15, 0.2) is 0 Å². The second-order valence-electron chi connectivity index (χ2n) is 7.55. The topological polar surface area (TPSA) is 63.0 Å². The molecule has 3 heterocycles. The van der Waals surface area contributed by atoms with Crippen LogP contribution in [0.15, 0.2) is 35.6 Å². The molecule has 2 aliphatic rings. The van der Waals surface area contributed by atoms with Crippen LogP contribution in [0.4, 0.5) is 4.39 Å². The summed E-state index contributed by atoms with van der Waals surface area (Å²) in [5.41, 5.74) is 3.71. The van der Waals surface area contributed by atoms with E-state index < -0.39 is 6.10 Å². The molecular weight excluding hydrogens is 373 g/mol. The second kappa shape index (κ2) is 8.32. The van der Waals surface area contributed by atoms with Gasteiger partial charge in [-0.1, -0.05) is 17.3 Å². The van der Waals surface area contributed by atoms with Crippen LogP contribution < -0.4 is 0 Å². The number of halogens is 1. The van der Waals surface area contributed by atoms with E-state index in [1.807, 2.05) is 29.6 Å². The second-order valence-corrected chi connectivity index (χ2v) is 7.55. The van der Waals surface area contributed by atoms with Crippen molar-refractivity contribution < 1.29 is 14.0 Å². The molecule has 1 amide bonds. The largest absolute Gasteiger partial charge is 0.382 e. The Labute approximate surface area is 169 Å². The van der Waals surface area contributed by atoms with E-state index in [1.165, 1.54) is 12.1 Å². The van der Waals surface area contributed by atoms with E-state index in [2.05, 4.69) is 15.2 Å². The number of benzene rings is 1. The minimum Gasteiger partial charge on any atom is -0.382 e. The van der Waals surface area contributed by atoms with Gasteiger partial charge in [0.1, 0.15) is 5.82 Å². The van der Waals surface area contributed by atoms with Crippen LogP contribution in [0.5, 0.6) is 0 Å².